The summed E-state index contributed by atoms with van der Waals surface area (Å²) < 4.78 is 0.959. The molecule has 5 heteroatoms. The standard InChI is InChI=1S/C16H14BrN3O/c1-20(15-5-3-2-4-12(15)10-18)11-16(21)19-14-8-6-13(17)7-9-14/h2-9H,11H2,1H3,(H,19,21). The molecule has 0 aliphatic rings. The highest BCUT2D eigenvalue weighted by Gasteiger charge is 2.10. The Morgan fingerprint density at radius 1 is 1.24 bits per heavy atom. The van der Waals surface area contributed by atoms with Gasteiger partial charge in [0, 0.05) is 17.2 Å². The number of halogens is 1. The van der Waals surface area contributed by atoms with Gasteiger partial charge in [0.2, 0.25) is 5.91 Å². The van der Waals surface area contributed by atoms with Crippen LogP contribution < -0.4 is 10.2 Å². The van der Waals surface area contributed by atoms with E-state index in [1.807, 2.05) is 36.4 Å². The van der Waals surface area contributed by atoms with Gasteiger partial charge in [-0.2, -0.15) is 5.26 Å². The molecule has 0 aliphatic heterocycles. The van der Waals surface area contributed by atoms with Crippen molar-refractivity contribution in [2.45, 2.75) is 0 Å². The molecule has 21 heavy (non-hydrogen) atoms. The van der Waals surface area contributed by atoms with Crippen molar-refractivity contribution >= 4 is 33.2 Å². The topological polar surface area (TPSA) is 56.1 Å². The molecule has 0 saturated carbocycles. The van der Waals surface area contributed by atoms with E-state index in [9.17, 15) is 4.79 Å². The number of nitriles is 1. The first-order chi connectivity index (χ1) is 10.1. The molecule has 0 heterocycles. The number of rotatable bonds is 4. The highest BCUT2D eigenvalue weighted by molar-refractivity contribution is 9.10. The number of nitrogens with one attached hydrogen (secondary N) is 1. The van der Waals surface area contributed by atoms with E-state index in [2.05, 4.69) is 27.3 Å². The van der Waals surface area contributed by atoms with Crippen LogP contribution in [-0.2, 0) is 4.79 Å². The predicted molar refractivity (Wildman–Crippen MR) is 87.2 cm³/mol. The van der Waals surface area contributed by atoms with E-state index in [0.29, 0.717) is 5.56 Å². The van der Waals surface area contributed by atoms with Gasteiger partial charge in [0.15, 0.2) is 0 Å². The third kappa shape index (κ3) is 4.07. The molecule has 2 aromatic rings. The second kappa shape index (κ2) is 6.91. The molecule has 1 N–H and O–H groups in total. The average molecular weight is 344 g/mol. The van der Waals surface area contributed by atoms with E-state index in [1.54, 1.807) is 24.1 Å². The molecular formula is C16H14BrN3O. The molecule has 0 radical (unpaired) electrons. The van der Waals surface area contributed by atoms with Crippen molar-refractivity contribution in [2.75, 3.05) is 23.8 Å². The summed E-state index contributed by atoms with van der Waals surface area (Å²) in [5, 5.41) is 11.9. The van der Waals surface area contributed by atoms with Crippen LogP contribution in [0.5, 0.6) is 0 Å². The van der Waals surface area contributed by atoms with Gasteiger partial charge >= 0.3 is 0 Å². The van der Waals surface area contributed by atoms with Crippen molar-refractivity contribution in [2.24, 2.45) is 0 Å². The molecule has 0 saturated heterocycles. The number of amides is 1. The van der Waals surface area contributed by atoms with Crippen molar-refractivity contribution in [3.8, 4) is 6.07 Å². The fraction of sp³-hybridized carbons (Fsp3) is 0.125. The summed E-state index contributed by atoms with van der Waals surface area (Å²) >= 11 is 3.35. The van der Waals surface area contributed by atoms with Gasteiger partial charge in [0.25, 0.3) is 0 Å². The Morgan fingerprint density at radius 2 is 1.90 bits per heavy atom. The van der Waals surface area contributed by atoms with Crippen LogP contribution in [0.15, 0.2) is 53.0 Å². The second-order valence-electron chi connectivity index (χ2n) is 4.54. The Balaban J connectivity index is 2.02. The fourth-order valence-electron chi connectivity index (χ4n) is 1.94. The van der Waals surface area contributed by atoms with Crippen molar-refractivity contribution in [3.05, 3.63) is 58.6 Å². The zero-order chi connectivity index (χ0) is 15.2. The van der Waals surface area contributed by atoms with E-state index >= 15 is 0 Å². The van der Waals surface area contributed by atoms with Crippen molar-refractivity contribution in [3.63, 3.8) is 0 Å². The second-order valence-corrected chi connectivity index (χ2v) is 5.46. The Bertz CT molecular complexity index is 677. The lowest BCUT2D eigenvalue weighted by molar-refractivity contribution is -0.114. The summed E-state index contributed by atoms with van der Waals surface area (Å²) in [4.78, 5) is 13.8. The highest BCUT2D eigenvalue weighted by atomic mass is 79.9. The fourth-order valence-corrected chi connectivity index (χ4v) is 2.20. The minimum absolute atomic E-state index is 0.132. The van der Waals surface area contributed by atoms with Crippen molar-refractivity contribution in [1.29, 1.82) is 5.26 Å². The largest absolute Gasteiger partial charge is 0.364 e. The third-order valence-corrected chi connectivity index (χ3v) is 3.47. The van der Waals surface area contributed by atoms with Crippen LogP contribution in [0.4, 0.5) is 11.4 Å². The number of hydrogen-bond acceptors (Lipinski definition) is 3. The molecule has 4 nitrogen and oxygen atoms in total. The number of benzene rings is 2. The number of anilines is 2. The lowest BCUT2D eigenvalue weighted by Crippen LogP contribution is -2.30. The first-order valence-electron chi connectivity index (χ1n) is 6.36. The maximum Gasteiger partial charge on any atom is 0.243 e. The number of hydrogen-bond donors (Lipinski definition) is 1. The molecule has 2 aromatic carbocycles. The molecular weight excluding hydrogens is 330 g/mol. The van der Waals surface area contributed by atoms with E-state index in [-0.39, 0.29) is 12.5 Å². The molecule has 0 unspecified atom stereocenters. The summed E-state index contributed by atoms with van der Waals surface area (Å²) in [5.41, 5.74) is 2.03. The van der Waals surface area contributed by atoms with Crippen LogP contribution in [0, 0.1) is 11.3 Å². The Kier molecular flexibility index (Phi) is 4.96. The number of para-hydroxylation sites is 1. The monoisotopic (exact) mass is 343 g/mol. The molecule has 0 fully saturated rings. The Labute approximate surface area is 132 Å². The molecule has 106 valence electrons. The van der Waals surface area contributed by atoms with E-state index < -0.39 is 0 Å². The minimum atomic E-state index is -0.132. The van der Waals surface area contributed by atoms with Gasteiger partial charge in [-0.15, -0.1) is 0 Å². The lowest BCUT2D eigenvalue weighted by atomic mass is 10.2. The van der Waals surface area contributed by atoms with Gasteiger partial charge in [0.1, 0.15) is 6.07 Å². The van der Waals surface area contributed by atoms with Gasteiger partial charge in [-0.1, -0.05) is 28.1 Å². The van der Waals surface area contributed by atoms with E-state index in [1.165, 1.54) is 0 Å². The van der Waals surface area contributed by atoms with Gasteiger partial charge in [-0.25, -0.2) is 0 Å². The van der Waals surface area contributed by atoms with Crippen LogP contribution in [0.3, 0.4) is 0 Å². The quantitative estimate of drug-likeness (QED) is 0.925. The summed E-state index contributed by atoms with van der Waals surface area (Å²) in [5.74, 6) is -0.132. The van der Waals surface area contributed by atoms with Gasteiger partial charge in [0.05, 0.1) is 17.8 Å². The third-order valence-electron chi connectivity index (χ3n) is 2.94. The van der Waals surface area contributed by atoms with Gasteiger partial charge in [-0.05, 0) is 36.4 Å². The van der Waals surface area contributed by atoms with Crippen molar-refractivity contribution < 1.29 is 4.79 Å². The zero-order valence-electron chi connectivity index (χ0n) is 11.5. The van der Waals surface area contributed by atoms with Crippen LogP contribution in [-0.4, -0.2) is 19.5 Å². The van der Waals surface area contributed by atoms with Crippen LogP contribution >= 0.6 is 15.9 Å². The summed E-state index contributed by atoms with van der Waals surface area (Å²) in [7, 11) is 1.79. The summed E-state index contributed by atoms with van der Waals surface area (Å²) in [6.07, 6.45) is 0. The molecule has 0 aromatic heterocycles. The molecule has 0 aliphatic carbocycles. The maximum atomic E-state index is 12.0. The van der Waals surface area contributed by atoms with Crippen LogP contribution in [0.1, 0.15) is 5.56 Å². The SMILES string of the molecule is CN(CC(=O)Nc1ccc(Br)cc1)c1ccccc1C#N. The molecule has 2 rings (SSSR count). The number of carbonyl (C=O) groups is 1. The molecule has 0 bridgehead atoms. The number of nitrogens with zero attached hydrogens (tertiary/aromatic N) is 2. The van der Waals surface area contributed by atoms with E-state index in [0.717, 1.165) is 15.8 Å². The summed E-state index contributed by atoms with van der Waals surface area (Å²) in [6.45, 7) is 0.175. The zero-order valence-corrected chi connectivity index (χ0v) is 13.1. The normalized spacial score (nSPS) is 9.76. The molecule has 0 spiro atoms. The van der Waals surface area contributed by atoms with Gasteiger partial charge < -0.3 is 10.2 Å². The predicted octanol–water partition coefficient (Wildman–Crippen LogP) is 3.40. The Morgan fingerprint density at radius 3 is 2.57 bits per heavy atom. The highest BCUT2D eigenvalue weighted by Crippen LogP contribution is 2.18. The van der Waals surface area contributed by atoms with Crippen LogP contribution in [0.25, 0.3) is 0 Å². The molecule has 0 atom stereocenters. The maximum absolute atomic E-state index is 12.0. The van der Waals surface area contributed by atoms with E-state index in [4.69, 9.17) is 5.26 Å². The lowest BCUT2D eigenvalue weighted by Gasteiger charge is -2.19. The average Bonchev–Trinajstić information content (AvgIpc) is 2.49. The first-order valence-corrected chi connectivity index (χ1v) is 7.15. The molecule has 1 amide bonds. The minimum Gasteiger partial charge on any atom is -0.364 e. The van der Waals surface area contributed by atoms with Crippen molar-refractivity contribution in [1.82, 2.24) is 0 Å². The van der Waals surface area contributed by atoms with Crippen LogP contribution in [0.2, 0.25) is 0 Å². The smallest absolute Gasteiger partial charge is 0.243 e. The van der Waals surface area contributed by atoms with Gasteiger partial charge in [-0.3, -0.25) is 4.79 Å². The number of likely N-dealkylation sites (N-methyl/N-ethyl adjacent to an activating group) is 1. The number of carbonyl (C=O) groups excluding carboxylic acids is 1. The Hall–Kier alpha value is -2.32. The summed E-state index contributed by atoms with van der Waals surface area (Å²) in [6, 6.07) is 16.7. The first kappa shape index (κ1) is 15.1.